The molecule has 0 spiro atoms. The van der Waals surface area contributed by atoms with Crippen LogP contribution in [0.3, 0.4) is 0 Å². The quantitative estimate of drug-likeness (QED) is 0.0650. The average Bonchev–Trinajstić information content (AvgIpc) is 3.24. The molecule has 0 saturated carbocycles. The number of hydrogen-bond donors (Lipinski definition) is 5. The predicted octanol–water partition coefficient (Wildman–Crippen LogP) is -0.853. The molecule has 1 unspecified atom stereocenters. The average molecular weight is 592 g/mol. The van der Waals surface area contributed by atoms with Crippen molar-refractivity contribution in [2.45, 2.75) is 12.8 Å². The number of likely N-dealkylation sites (N-methyl/N-ethyl adjacent to an activating group) is 1. The molecule has 1 atom stereocenters. The van der Waals surface area contributed by atoms with Crippen molar-refractivity contribution in [2.24, 2.45) is 0 Å². The standard InChI is InChI=1S/C17H14O3.C3H8NO2S.C3H7NO2.C3H9NO.K/c1-11-2-4-13-14-5-3-12(8-18)7-16(14)17(9-20-10-19)15(13)6-11;1-6-4-2-3-7-5;5-2-1-4-3-6;1-4-2-3-5;/h2-8,10,17H,9H2,1H3;5H,2-3H2,1H3;3,5H,1-2H2,(H,4,6);4-5H,2-3H2,1H3;/q;-1;;;+1. The maximum Gasteiger partial charge on any atom is 1.00 e. The molecule has 3 rings (SSSR count). The van der Waals surface area contributed by atoms with Gasteiger partial charge in [0.1, 0.15) is 12.9 Å². The number of ether oxygens (including phenoxy) is 1. The first-order chi connectivity index (χ1) is 18.5. The van der Waals surface area contributed by atoms with E-state index in [-0.39, 0.29) is 70.5 Å². The molecule has 11 nitrogen and oxygen atoms in total. The first kappa shape index (κ1) is 39.9. The maximum atomic E-state index is 11.0. The molecule has 0 radical (unpaired) electrons. The molecule has 0 bridgehead atoms. The van der Waals surface area contributed by atoms with Crippen LogP contribution in [0.25, 0.3) is 16.6 Å². The Kier molecular flexibility index (Phi) is 27.6. The third-order valence-corrected chi connectivity index (χ3v) is 5.26. The van der Waals surface area contributed by atoms with Gasteiger partial charge in [-0.3, -0.25) is 14.4 Å². The molecule has 39 heavy (non-hydrogen) atoms. The topological polar surface area (TPSA) is 169 Å². The monoisotopic (exact) mass is 591 g/mol. The Morgan fingerprint density at radius 2 is 1.67 bits per heavy atom. The van der Waals surface area contributed by atoms with E-state index in [0.717, 1.165) is 40.6 Å². The summed E-state index contributed by atoms with van der Waals surface area (Å²) in [6.07, 6.45) is 1.39. The Balaban J connectivity index is 0. The second-order valence-electron chi connectivity index (χ2n) is 7.53. The molecule has 0 saturated heterocycles. The number of aryl methyl sites for hydroxylation is 1. The van der Waals surface area contributed by atoms with Gasteiger partial charge < -0.3 is 40.5 Å². The Hall–Kier alpha value is -1.20. The normalized spacial score (nSPS) is 11.8. The van der Waals surface area contributed by atoms with Gasteiger partial charge in [-0.2, -0.15) is 0 Å². The summed E-state index contributed by atoms with van der Waals surface area (Å²) in [6, 6.07) is 11.9. The number of aliphatic hydroxyl groups excluding tert-OH is 2. The van der Waals surface area contributed by atoms with Crippen LogP contribution in [0.2, 0.25) is 0 Å². The van der Waals surface area contributed by atoms with Gasteiger partial charge in [0, 0.05) is 37.4 Å². The Morgan fingerprint density at radius 3 is 2.13 bits per heavy atom. The van der Waals surface area contributed by atoms with E-state index in [2.05, 4.69) is 39.2 Å². The molecule has 13 heteroatoms. The summed E-state index contributed by atoms with van der Waals surface area (Å²) < 4.78 is 13.1. The first-order valence-corrected chi connectivity index (χ1v) is 12.7. The number of rotatable bonds is 13. The van der Waals surface area contributed by atoms with Crippen LogP contribution in [0.15, 0.2) is 36.4 Å². The van der Waals surface area contributed by atoms with Crippen LogP contribution in [-0.2, 0) is 19.2 Å². The Bertz CT molecular complexity index is 934. The van der Waals surface area contributed by atoms with Crippen LogP contribution in [0.4, 0.5) is 0 Å². The fraction of sp³-hybridized carbons (Fsp3) is 0.423. The number of carbonyl (C=O) groups excluding carboxylic acids is 3. The van der Waals surface area contributed by atoms with Gasteiger partial charge in [-0.25, -0.2) is 0 Å². The smallest absolute Gasteiger partial charge is 0.534 e. The zero-order chi connectivity index (χ0) is 28.6. The summed E-state index contributed by atoms with van der Waals surface area (Å²) in [5.74, 6) is 0.610. The number of hydrogen-bond acceptors (Lipinski definition) is 10. The molecule has 1 amide bonds. The van der Waals surface area contributed by atoms with Gasteiger partial charge in [-0.1, -0.05) is 35.9 Å². The summed E-state index contributed by atoms with van der Waals surface area (Å²) >= 11 is 0.768. The number of nitrogens with zero attached hydrogens (tertiary/aromatic N) is 1. The summed E-state index contributed by atoms with van der Waals surface area (Å²) in [4.78, 5) is 35.1. The minimum absolute atomic E-state index is 0. The van der Waals surface area contributed by atoms with E-state index in [4.69, 9.17) is 19.5 Å². The second-order valence-corrected chi connectivity index (χ2v) is 8.20. The molecule has 5 N–H and O–H groups in total. The summed E-state index contributed by atoms with van der Waals surface area (Å²) in [7, 11) is 3.29. The van der Waals surface area contributed by atoms with Crippen LogP contribution in [-0.4, -0.2) is 93.3 Å². The van der Waals surface area contributed by atoms with Crippen molar-refractivity contribution in [3.63, 3.8) is 0 Å². The summed E-state index contributed by atoms with van der Waals surface area (Å²) in [6.45, 7) is 4.65. The van der Waals surface area contributed by atoms with Crippen molar-refractivity contribution in [3.8, 4) is 11.1 Å². The zero-order valence-corrected chi connectivity index (χ0v) is 26.9. The molecule has 0 fully saturated rings. The summed E-state index contributed by atoms with van der Waals surface area (Å²) in [5, 5.41) is 21.0. The second kappa shape index (κ2) is 27.0. The van der Waals surface area contributed by atoms with E-state index in [0.29, 0.717) is 50.4 Å². The number of aliphatic hydroxyl groups is 2. The van der Waals surface area contributed by atoms with Crippen molar-refractivity contribution < 1.29 is 90.1 Å². The van der Waals surface area contributed by atoms with E-state index in [1.807, 2.05) is 25.1 Å². The van der Waals surface area contributed by atoms with Crippen molar-refractivity contribution >= 4 is 31.2 Å². The molecular formula is C26H38KN3O8S. The van der Waals surface area contributed by atoms with Crippen LogP contribution in [0.5, 0.6) is 0 Å². The van der Waals surface area contributed by atoms with Gasteiger partial charge in [-0.05, 0) is 54.3 Å². The molecule has 2 aromatic rings. The number of carbonyl (C=O) groups is 3. The number of hydroxylamine groups is 1. The van der Waals surface area contributed by atoms with Crippen molar-refractivity contribution in [3.05, 3.63) is 64.1 Å². The van der Waals surface area contributed by atoms with Crippen LogP contribution in [0.1, 0.15) is 33.0 Å². The van der Waals surface area contributed by atoms with E-state index in [9.17, 15) is 14.4 Å². The maximum absolute atomic E-state index is 11.0. The first-order valence-electron chi connectivity index (χ1n) is 11.7. The minimum Gasteiger partial charge on any atom is -0.534 e. The fourth-order valence-electron chi connectivity index (χ4n) is 3.29. The zero-order valence-electron chi connectivity index (χ0n) is 23.0. The largest absolute Gasteiger partial charge is 1.00 e. The van der Waals surface area contributed by atoms with Gasteiger partial charge in [0.15, 0.2) is 0 Å². The molecular weight excluding hydrogens is 553 g/mol. The van der Waals surface area contributed by atoms with E-state index in [1.165, 1.54) is 12.7 Å². The van der Waals surface area contributed by atoms with E-state index >= 15 is 0 Å². The SMILES string of the molecule is CNCCO.CO[N-]CCSO.Cc1ccc2c(c1)C(COC=O)c1cc(C=O)ccc1-2.O=CNCCO.[K+]. The van der Waals surface area contributed by atoms with E-state index in [1.54, 1.807) is 7.05 Å². The number of fused-ring (bicyclic) bond motifs is 3. The van der Waals surface area contributed by atoms with Crippen molar-refractivity contribution in [1.29, 1.82) is 0 Å². The minimum atomic E-state index is 0. The third kappa shape index (κ3) is 16.6. The Labute approximate surface area is 277 Å². The number of amides is 1. The molecule has 1 aliphatic carbocycles. The van der Waals surface area contributed by atoms with Gasteiger partial charge in [0.2, 0.25) is 6.41 Å². The number of nitrogens with one attached hydrogen (secondary N) is 2. The van der Waals surface area contributed by atoms with Crippen LogP contribution >= 0.6 is 12.0 Å². The van der Waals surface area contributed by atoms with Crippen LogP contribution < -0.4 is 62.0 Å². The third-order valence-electron chi connectivity index (χ3n) is 4.89. The molecule has 0 aliphatic heterocycles. The summed E-state index contributed by atoms with van der Waals surface area (Å²) in [5.41, 5.74) is 9.77. The van der Waals surface area contributed by atoms with Gasteiger partial charge in [0.25, 0.3) is 6.47 Å². The fourth-order valence-corrected chi connectivity index (χ4v) is 3.45. The number of benzene rings is 2. The molecule has 0 heterocycles. The predicted molar refractivity (Wildman–Crippen MR) is 148 cm³/mol. The van der Waals surface area contributed by atoms with Crippen LogP contribution in [0, 0.1) is 6.92 Å². The van der Waals surface area contributed by atoms with Crippen molar-refractivity contribution in [1.82, 2.24) is 10.6 Å². The Morgan fingerprint density at radius 1 is 1.03 bits per heavy atom. The van der Waals surface area contributed by atoms with E-state index < -0.39 is 0 Å². The van der Waals surface area contributed by atoms with Gasteiger partial charge in [0.05, 0.1) is 13.2 Å². The number of aldehydes is 1. The molecule has 2 aromatic carbocycles. The van der Waals surface area contributed by atoms with Gasteiger partial charge in [-0.15, -0.1) is 6.54 Å². The molecule has 0 aromatic heterocycles. The van der Waals surface area contributed by atoms with Gasteiger partial charge >= 0.3 is 51.4 Å². The van der Waals surface area contributed by atoms with Crippen molar-refractivity contribution in [2.75, 3.05) is 59.4 Å². The molecule has 1 aliphatic rings. The molecule has 212 valence electrons.